The van der Waals surface area contributed by atoms with Crippen molar-refractivity contribution >= 4 is 28.9 Å². The van der Waals surface area contributed by atoms with E-state index in [1.807, 2.05) is 32.0 Å². The maximum atomic E-state index is 10.7. The van der Waals surface area contributed by atoms with Gasteiger partial charge in [0.1, 0.15) is 5.75 Å². The van der Waals surface area contributed by atoms with Crippen molar-refractivity contribution in [2.24, 2.45) is 0 Å². The molecule has 0 amide bonds. The molecular formula is C15H16ClNO3S. The van der Waals surface area contributed by atoms with Crippen molar-refractivity contribution in [3.05, 3.63) is 44.4 Å². The van der Waals surface area contributed by atoms with E-state index in [0.717, 1.165) is 31.9 Å². The van der Waals surface area contributed by atoms with Crippen LogP contribution in [0, 0.1) is 13.8 Å². The van der Waals surface area contributed by atoms with E-state index in [1.165, 1.54) is 11.3 Å². The number of rotatable bonds is 6. The molecule has 1 N–H and O–H groups in total. The molecule has 0 saturated carbocycles. The van der Waals surface area contributed by atoms with Crippen molar-refractivity contribution in [3.63, 3.8) is 0 Å². The second-order valence-corrected chi connectivity index (χ2v) is 6.27. The third-order valence-corrected chi connectivity index (χ3v) is 4.60. The molecule has 1 heterocycles. The van der Waals surface area contributed by atoms with E-state index in [4.69, 9.17) is 21.4 Å². The Morgan fingerprint density at radius 3 is 2.86 bits per heavy atom. The highest BCUT2D eigenvalue weighted by Gasteiger charge is 2.11. The van der Waals surface area contributed by atoms with Gasteiger partial charge in [-0.2, -0.15) is 0 Å². The molecule has 0 aliphatic carbocycles. The predicted octanol–water partition coefficient (Wildman–Crippen LogP) is 3.66. The van der Waals surface area contributed by atoms with E-state index in [0.29, 0.717) is 13.0 Å². The molecule has 0 saturated heterocycles. The highest BCUT2D eigenvalue weighted by Crippen LogP contribution is 2.22. The summed E-state index contributed by atoms with van der Waals surface area (Å²) >= 11 is 7.40. The van der Waals surface area contributed by atoms with E-state index in [2.05, 4.69) is 4.98 Å². The van der Waals surface area contributed by atoms with Crippen LogP contribution in [0.5, 0.6) is 5.75 Å². The summed E-state index contributed by atoms with van der Waals surface area (Å²) in [5, 5.41) is 10.4. The first-order valence-corrected chi connectivity index (χ1v) is 7.71. The van der Waals surface area contributed by atoms with Crippen molar-refractivity contribution in [3.8, 4) is 5.75 Å². The number of hydrogen-bond donors (Lipinski definition) is 1. The number of ether oxygens (including phenoxy) is 1. The van der Waals surface area contributed by atoms with Gasteiger partial charge in [-0.05, 0) is 37.6 Å². The molecule has 0 spiro atoms. The molecule has 6 heteroatoms. The number of aromatic nitrogens is 1. The van der Waals surface area contributed by atoms with Crippen LogP contribution >= 0.6 is 22.9 Å². The Hall–Kier alpha value is -1.59. The van der Waals surface area contributed by atoms with Gasteiger partial charge in [-0.25, -0.2) is 4.98 Å². The van der Waals surface area contributed by atoms with Crippen LogP contribution in [0.1, 0.15) is 21.1 Å². The van der Waals surface area contributed by atoms with Gasteiger partial charge in [0.05, 0.1) is 23.7 Å². The fraction of sp³-hybridized carbons (Fsp3) is 0.333. The Balaban J connectivity index is 1.91. The molecule has 2 aromatic rings. The van der Waals surface area contributed by atoms with Gasteiger partial charge in [0, 0.05) is 16.3 Å². The monoisotopic (exact) mass is 325 g/mol. The van der Waals surface area contributed by atoms with Gasteiger partial charge >= 0.3 is 5.97 Å². The summed E-state index contributed by atoms with van der Waals surface area (Å²) in [5.74, 6) is -0.0582. The van der Waals surface area contributed by atoms with Gasteiger partial charge in [-0.15, -0.1) is 11.3 Å². The molecule has 2 rings (SSSR count). The van der Waals surface area contributed by atoms with Crippen LogP contribution in [0.4, 0.5) is 0 Å². The summed E-state index contributed by atoms with van der Waals surface area (Å²) in [7, 11) is 0. The highest BCUT2D eigenvalue weighted by molar-refractivity contribution is 7.11. The Kier molecular flexibility index (Phi) is 5.20. The summed E-state index contributed by atoms with van der Waals surface area (Å²) in [6, 6.07) is 5.54. The number of carboxylic acid groups (broad SMARTS) is 1. The van der Waals surface area contributed by atoms with Crippen molar-refractivity contribution in [1.29, 1.82) is 0 Å². The molecule has 112 valence electrons. The van der Waals surface area contributed by atoms with Crippen LogP contribution in [0.2, 0.25) is 5.02 Å². The topological polar surface area (TPSA) is 59.4 Å². The standard InChI is InChI=1S/C15H16ClNO3S/c1-9-7-11(3-4-12(9)16)20-6-5-14-17-10(2)13(21-14)8-15(18)19/h3-4,7H,5-6,8H2,1-2H3,(H,18,19). The lowest BCUT2D eigenvalue weighted by Crippen LogP contribution is -2.01. The first kappa shape index (κ1) is 15.8. The Labute approximate surface area is 132 Å². The van der Waals surface area contributed by atoms with Crippen LogP contribution in [-0.2, 0) is 17.6 Å². The molecule has 0 aliphatic rings. The number of carboxylic acids is 1. The fourth-order valence-corrected chi connectivity index (χ4v) is 3.02. The van der Waals surface area contributed by atoms with Crippen LogP contribution in [0.3, 0.4) is 0 Å². The number of halogens is 1. The number of benzene rings is 1. The van der Waals surface area contributed by atoms with Crippen LogP contribution in [-0.4, -0.2) is 22.7 Å². The van der Waals surface area contributed by atoms with Gasteiger partial charge in [0.25, 0.3) is 0 Å². The highest BCUT2D eigenvalue weighted by atomic mass is 35.5. The Morgan fingerprint density at radius 2 is 2.19 bits per heavy atom. The molecule has 0 aliphatic heterocycles. The molecule has 1 aromatic carbocycles. The molecule has 1 aromatic heterocycles. The lowest BCUT2D eigenvalue weighted by Gasteiger charge is -2.06. The van der Waals surface area contributed by atoms with Gasteiger partial charge in [-0.3, -0.25) is 4.79 Å². The van der Waals surface area contributed by atoms with E-state index in [-0.39, 0.29) is 6.42 Å². The molecular weight excluding hydrogens is 310 g/mol. The number of carbonyl (C=O) groups is 1. The minimum Gasteiger partial charge on any atom is -0.493 e. The zero-order chi connectivity index (χ0) is 15.4. The number of thiazole rings is 1. The maximum absolute atomic E-state index is 10.7. The fourth-order valence-electron chi connectivity index (χ4n) is 1.86. The van der Waals surface area contributed by atoms with Gasteiger partial charge in [0.2, 0.25) is 0 Å². The minimum absolute atomic E-state index is 0.0285. The zero-order valence-electron chi connectivity index (χ0n) is 11.9. The summed E-state index contributed by atoms with van der Waals surface area (Å²) in [6.07, 6.45) is 0.688. The molecule has 4 nitrogen and oxygen atoms in total. The summed E-state index contributed by atoms with van der Waals surface area (Å²) in [5.41, 5.74) is 1.77. The number of hydrogen-bond acceptors (Lipinski definition) is 4. The number of nitrogens with zero attached hydrogens (tertiary/aromatic N) is 1. The lowest BCUT2D eigenvalue weighted by atomic mass is 10.2. The smallest absolute Gasteiger partial charge is 0.308 e. The number of aliphatic carboxylic acids is 1. The van der Waals surface area contributed by atoms with Crippen molar-refractivity contribution in [2.45, 2.75) is 26.7 Å². The van der Waals surface area contributed by atoms with Crippen molar-refractivity contribution in [1.82, 2.24) is 4.98 Å². The van der Waals surface area contributed by atoms with Crippen LogP contribution in [0.25, 0.3) is 0 Å². The van der Waals surface area contributed by atoms with Crippen LogP contribution < -0.4 is 4.74 Å². The third kappa shape index (κ3) is 4.44. The van der Waals surface area contributed by atoms with E-state index < -0.39 is 5.97 Å². The van der Waals surface area contributed by atoms with Gasteiger partial charge in [-0.1, -0.05) is 11.6 Å². The summed E-state index contributed by atoms with van der Waals surface area (Å²) < 4.78 is 5.67. The van der Waals surface area contributed by atoms with Crippen LogP contribution in [0.15, 0.2) is 18.2 Å². The molecule has 0 fully saturated rings. The zero-order valence-corrected chi connectivity index (χ0v) is 13.4. The van der Waals surface area contributed by atoms with Gasteiger partial charge in [0.15, 0.2) is 0 Å². The Morgan fingerprint density at radius 1 is 1.43 bits per heavy atom. The van der Waals surface area contributed by atoms with Gasteiger partial charge < -0.3 is 9.84 Å². The summed E-state index contributed by atoms with van der Waals surface area (Å²) in [4.78, 5) is 15.9. The van der Waals surface area contributed by atoms with E-state index >= 15 is 0 Å². The lowest BCUT2D eigenvalue weighted by molar-refractivity contribution is -0.136. The maximum Gasteiger partial charge on any atom is 0.308 e. The molecule has 21 heavy (non-hydrogen) atoms. The quantitative estimate of drug-likeness (QED) is 0.880. The number of aryl methyl sites for hydroxylation is 2. The molecule has 0 radical (unpaired) electrons. The van der Waals surface area contributed by atoms with E-state index in [9.17, 15) is 4.79 Å². The first-order valence-electron chi connectivity index (χ1n) is 6.51. The van der Waals surface area contributed by atoms with E-state index in [1.54, 1.807) is 0 Å². The molecule has 0 bridgehead atoms. The summed E-state index contributed by atoms with van der Waals surface area (Å²) in [6.45, 7) is 4.26. The largest absolute Gasteiger partial charge is 0.493 e. The predicted molar refractivity (Wildman–Crippen MR) is 83.6 cm³/mol. The molecule has 0 atom stereocenters. The first-order chi connectivity index (χ1) is 9.95. The SMILES string of the molecule is Cc1cc(OCCc2nc(C)c(CC(=O)O)s2)ccc1Cl. The normalized spacial score (nSPS) is 10.6. The van der Waals surface area contributed by atoms with Crippen molar-refractivity contribution in [2.75, 3.05) is 6.61 Å². The van der Waals surface area contributed by atoms with Crippen molar-refractivity contribution < 1.29 is 14.6 Å². The molecule has 0 unspecified atom stereocenters. The Bertz CT molecular complexity index is 654. The third-order valence-electron chi connectivity index (χ3n) is 2.96. The minimum atomic E-state index is -0.832. The average Bonchev–Trinajstić information content (AvgIpc) is 2.73. The second-order valence-electron chi connectivity index (χ2n) is 4.70. The average molecular weight is 326 g/mol. The second kappa shape index (κ2) is 6.91.